The van der Waals surface area contributed by atoms with Gasteiger partial charge in [-0.2, -0.15) is 5.06 Å². The van der Waals surface area contributed by atoms with Gasteiger partial charge in [0.2, 0.25) is 0 Å². The van der Waals surface area contributed by atoms with Crippen LogP contribution in [0.15, 0.2) is 0 Å². The van der Waals surface area contributed by atoms with Crippen LogP contribution in [0.3, 0.4) is 0 Å². The van der Waals surface area contributed by atoms with Crippen LogP contribution in [0.5, 0.6) is 0 Å². The van der Waals surface area contributed by atoms with Gasteiger partial charge in [0.25, 0.3) is 5.91 Å². The van der Waals surface area contributed by atoms with Gasteiger partial charge in [0, 0.05) is 6.92 Å². The van der Waals surface area contributed by atoms with Gasteiger partial charge < -0.3 is 4.84 Å². The summed E-state index contributed by atoms with van der Waals surface area (Å²) in [5.74, 6) is -1.13. The summed E-state index contributed by atoms with van der Waals surface area (Å²) in [7, 11) is 0. The Balaban J connectivity index is 2.28. The third-order valence-electron chi connectivity index (χ3n) is 1.68. The highest BCUT2D eigenvalue weighted by Gasteiger charge is 2.38. The third kappa shape index (κ3) is 1.72. The Hall–Kier alpha value is -1.13. The van der Waals surface area contributed by atoms with Crippen molar-refractivity contribution in [3.63, 3.8) is 0 Å². The van der Waals surface area contributed by atoms with Gasteiger partial charge in [0.1, 0.15) is 0 Å². The second-order valence-electron chi connectivity index (χ2n) is 2.66. The van der Waals surface area contributed by atoms with Crippen LogP contribution in [-0.2, 0) is 14.4 Å². The molecular formula is C7H10FNO3. The highest BCUT2D eigenvalue weighted by molar-refractivity contribution is 5.84. The molecule has 0 saturated carbocycles. The number of nitrogens with zero attached hydrogens (tertiary/aromatic N) is 1. The second-order valence-corrected chi connectivity index (χ2v) is 2.66. The van der Waals surface area contributed by atoms with Crippen molar-refractivity contribution in [2.75, 3.05) is 13.2 Å². The van der Waals surface area contributed by atoms with Crippen LogP contribution in [0, 0.1) is 5.92 Å². The van der Waals surface area contributed by atoms with Gasteiger partial charge in [0.05, 0.1) is 19.1 Å². The zero-order valence-electron chi connectivity index (χ0n) is 6.75. The molecule has 1 amide bonds. The normalized spacial score (nSPS) is 22.0. The minimum absolute atomic E-state index is 0.219. The topological polar surface area (TPSA) is 46.6 Å². The lowest BCUT2D eigenvalue weighted by Crippen LogP contribution is -2.52. The standard InChI is InChI=1S/C7H10FNO3/c1-5(10)12-9-4-6(2-3-8)7(9)11/h6H,2-4H2,1H3/t6-/m1/s1. The molecule has 0 radical (unpaired) electrons. The van der Waals surface area contributed by atoms with Crippen molar-refractivity contribution in [2.45, 2.75) is 13.3 Å². The average Bonchev–Trinajstić information content (AvgIpc) is 2.02. The molecule has 1 saturated heterocycles. The highest BCUT2D eigenvalue weighted by Crippen LogP contribution is 2.21. The molecule has 12 heavy (non-hydrogen) atoms. The number of carbonyl (C=O) groups excluding carboxylic acids is 2. The first-order chi connectivity index (χ1) is 5.65. The summed E-state index contributed by atoms with van der Waals surface area (Å²) in [5.41, 5.74) is 0. The fourth-order valence-corrected chi connectivity index (χ4v) is 1.04. The van der Waals surface area contributed by atoms with Crippen molar-refractivity contribution in [3.05, 3.63) is 0 Å². The smallest absolute Gasteiger partial charge is 0.329 e. The van der Waals surface area contributed by atoms with E-state index in [2.05, 4.69) is 4.84 Å². The highest BCUT2D eigenvalue weighted by atomic mass is 19.1. The first kappa shape index (κ1) is 8.96. The predicted molar refractivity (Wildman–Crippen MR) is 37.6 cm³/mol. The molecule has 1 atom stereocenters. The summed E-state index contributed by atoms with van der Waals surface area (Å²) in [6, 6.07) is 0. The molecule has 0 aromatic heterocycles. The van der Waals surface area contributed by atoms with Crippen LogP contribution in [0.1, 0.15) is 13.3 Å². The van der Waals surface area contributed by atoms with Crippen LogP contribution in [0.4, 0.5) is 4.39 Å². The van der Waals surface area contributed by atoms with Gasteiger partial charge in [-0.3, -0.25) is 14.0 Å². The maximum atomic E-state index is 11.7. The number of alkyl halides is 1. The number of hydroxylamine groups is 2. The van der Waals surface area contributed by atoms with E-state index in [0.29, 0.717) is 6.54 Å². The molecule has 0 aromatic carbocycles. The zero-order chi connectivity index (χ0) is 9.14. The molecular weight excluding hydrogens is 165 g/mol. The van der Waals surface area contributed by atoms with Gasteiger partial charge in [0.15, 0.2) is 0 Å². The molecule has 1 rings (SSSR count). The summed E-state index contributed by atoms with van der Waals surface area (Å²) in [6.07, 6.45) is 0.219. The minimum Gasteiger partial charge on any atom is -0.338 e. The molecule has 1 aliphatic rings. The van der Waals surface area contributed by atoms with Crippen LogP contribution in [0.2, 0.25) is 0 Å². The summed E-state index contributed by atoms with van der Waals surface area (Å²) in [6.45, 7) is 1.03. The molecule has 0 unspecified atom stereocenters. The Morgan fingerprint density at radius 2 is 2.50 bits per heavy atom. The number of β-lactam (4-membered cyclic amide) rings is 1. The first-order valence-electron chi connectivity index (χ1n) is 3.71. The number of hydrogen-bond acceptors (Lipinski definition) is 3. The average molecular weight is 175 g/mol. The van der Waals surface area contributed by atoms with Crippen molar-refractivity contribution in [2.24, 2.45) is 5.92 Å². The molecule has 0 bridgehead atoms. The van der Waals surface area contributed by atoms with E-state index in [1.165, 1.54) is 6.92 Å². The van der Waals surface area contributed by atoms with Gasteiger partial charge in [-0.1, -0.05) is 0 Å². The van der Waals surface area contributed by atoms with Gasteiger partial charge >= 0.3 is 5.97 Å². The van der Waals surface area contributed by atoms with Gasteiger partial charge in [-0.15, -0.1) is 0 Å². The number of amides is 1. The van der Waals surface area contributed by atoms with Crippen LogP contribution in [-0.4, -0.2) is 30.2 Å². The van der Waals surface area contributed by atoms with Crippen LogP contribution < -0.4 is 0 Å². The molecule has 0 N–H and O–H groups in total. The second kappa shape index (κ2) is 3.51. The predicted octanol–water partition coefficient (Wildman–Crippen LogP) is 0.282. The Morgan fingerprint density at radius 3 is 2.92 bits per heavy atom. The molecule has 5 heteroatoms. The lowest BCUT2D eigenvalue weighted by atomic mass is 9.98. The van der Waals surface area contributed by atoms with Crippen molar-refractivity contribution < 1.29 is 18.8 Å². The number of halogens is 1. The van der Waals surface area contributed by atoms with E-state index in [-0.39, 0.29) is 18.2 Å². The van der Waals surface area contributed by atoms with E-state index >= 15 is 0 Å². The minimum atomic E-state index is -0.526. The fraction of sp³-hybridized carbons (Fsp3) is 0.714. The van der Waals surface area contributed by atoms with Crippen molar-refractivity contribution >= 4 is 11.9 Å². The quantitative estimate of drug-likeness (QED) is 0.579. The molecule has 4 nitrogen and oxygen atoms in total. The number of rotatable bonds is 3. The largest absolute Gasteiger partial charge is 0.338 e. The SMILES string of the molecule is CC(=O)ON1C[C@@H](CCF)C1=O. The third-order valence-corrected chi connectivity index (χ3v) is 1.68. The van der Waals surface area contributed by atoms with Gasteiger partial charge in [-0.05, 0) is 6.42 Å². The number of hydrogen-bond donors (Lipinski definition) is 0. The summed E-state index contributed by atoms with van der Waals surface area (Å²) in [5, 5.41) is 0.961. The maximum absolute atomic E-state index is 11.7. The lowest BCUT2D eigenvalue weighted by molar-refractivity contribution is -0.220. The maximum Gasteiger partial charge on any atom is 0.329 e. The van der Waals surface area contributed by atoms with E-state index < -0.39 is 12.6 Å². The van der Waals surface area contributed by atoms with E-state index in [1.807, 2.05) is 0 Å². The molecule has 68 valence electrons. The number of carbonyl (C=O) groups is 2. The van der Waals surface area contributed by atoms with E-state index in [1.54, 1.807) is 0 Å². The molecule has 0 spiro atoms. The van der Waals surface area contributed by atoms with Crippen molar-refractivity contribution in [3.8, 4) is 0 Å². The molecule has 0 aliphatic carbocycles. The fourth-order valence-electron chi connectivity index (χ4n) is 1.04. The van der Waals surface area contributed by atoms with Crippen molar-refractivity contribution in [1.82, 2.24) is 5.06 Å². The van der Waals surface area contributed by atoms with Crippen molar-refractivity contribution in [1.29, 1.82) is 0 Å². The molecule has 1 heterocycles. The van der Waals surface area contributed by atoms with Gasteiger partial charge in [-0.25, -0.2) is 0 Å². The summed E-state index contributed by atoms with van der Waals surface area (Å²) < 4.78 is 11.7. The Morgan fingerprint density at radius 1 is 1.83 bits per heavy atom. The Kier molecular flexibility index (Phi) is 2.62. The molecule has 1 aliphatic heterocycles. The summed E-state index contributed by atoms with van der Waals surface area (Å²) >= 11 is 0. The lowest BCUT2D eigenvalue weighted by Gasteiger charge is -2.35. The molecule has 0 aromatic rings. The summed E-state index contributed by atoms with van der Waals surface area (Å²) in [4.78, 5) is 25.8. The van der Waals surface area contributed by atoms with Crippen LogP contribution in [0.25, 0.3) is 0 Å². The monoisotopic (exact) mass is 175 g/mol. The first-order valence-corrected chi connectivity index (χ1v) is 3.71. The van der Waals surface area contributed by atoms with E-state index in [9.17, 15) is 14.0 Å². The van der Waals surface area contributed by atoms with E-state index in [4.69, 9.17) is 0 Å². The molecule has 1 fully saturated rings. The zero-order valence-corrected chi connectivity index (χ0v) is 6.75. The Bertz CT molecular complexity index is 207. The van der Waals surface area contributed by atoms with Crippen LogP contribution >= 0.6 is 0 Å². The van der Waals surface area contributed by atoms with E-state index in [0.717, 1.165) is 5.06 Å². The Labute approximate surface area is 69.2 Å².